The van der Waals surface area contributed by atoms with Crippen molar-refractivity contribution in [2.24, 2.45) is 23.7 Å². The number of aryl methyl sites for hydroxylation is 1. The molecule has 0 spiro atoms. The van der Waals surface area contributed by atoms with Crippen LogP contribution >= 0.6 is 11.3 Å². The number of Topliss-reactive ketones (excluding diaryl/α,β-unsaturated/α-hetero) is 1. The number of methoxy groups -OCH3 is 1. The minimum atomic E-state index is -0.806. The van der Waals surface area contributed by atoms with E-state index in [1.807, 2.05) is 65.1 Å². The summed E-state index contributed by atoms with van der Waals surface area (Å²) < 4.78 is 10.8. The number of piperidine rings is 1. The fourth-order valence-electron chi connectivity index (χ4n) is 7.20. The highest BCUT2D eigenvalue weighted by Gasteiger charge is 2.37. The smallest absolute Gasteiger partial charge is 0.308 e. The maximum atomic E-state index is 14.1. The number of nitrogens with one attached hydrogen (secondary N) is 1. The molecule has 0 saturated carbocycles. The molecular formula is C40H60N4O7S. The number of ketones is 1. The van der Waals surface area contributed by atoms with Crippen LogP contribution in [0, 0.1) is 30.6 Å². The molecule has 52 heavy (non-hydrogen) atoms. The van der Waals surface area contributed by atoms with Crippen LogP contribution in [0.3, 0.4) is 0 Å². The number of amides is 2. The van der Waals surface area contributed by atoms with Gasteiger partial charge in [-0.1, -0.05) is 71.4 Å². The number of carbonyl (C=O) groups is 5. The number of nitrogens with zero attached hydrogens (tertiary/aromatic N) is 3. The van der Waals surface area contributed by atoms with Crippen molar-refractivity contribution >= 4 is 40.9 Å². The zero-order chi connectivity index (χ0) is 38.7. The molecule has 6 atom stereocenters. The molecule has 0 aliphatic carbocycles. The Kier molecular flexibility index (Phi) is 16.4. The van der Waals surface area contributed by atoms with Gasteiger partial charge in [-0.2, -0.15) is 0 Å². The Morgan fingerprint density at radius 3 is 2.27 bits per heavy atom. The number of thiazole rings is 1. The summed E-state index contributed by atoms with van der Waals surface area (Å²) in [6.07, 6.45) is 3.43. The summed E-state index contributed by atoms with van der Waals surface area (Å²) >= 11 is 1.28. The Bertz CT molecular complexity index is 1510. The molecule has 1 N–H and O–H groups in total. The second kappa shape index (κ2) is 20.0. The first-order chi connectivity index (χ1) is 24.5. The molecule has 1 aliphatic heterocycles. The van der Waals surface area contributed by atoms with Gasteiger partial charge in [-0.05, 0) is 63.6 Å². The Morgan fingerprint density at radius 1 is 1.02 bits per heavy atom. The van der Waals surface area contributed by atoms with Crippen molar-refractivity contribution in [3.05, 3.63) is 51.5 Å². The van der Waals surface area contributed by atoms with Crippen molar-refractivity contribution in [1.29, 1.82) is 0 Å². The Balaban J connectivity index is 1.84. The van der Waals surface area contributed by atoms with Crippen molar-refractivity contribution in [3.63, 3.8) is 0 Å². The van der Waals surface area contributed by atoms with Gasteiger partial charge < -0.3 is 19.7 Å². The summed E-state index contributed by atoms with van der Waals surface area (Å²) in [6, 6.07) is 8.85. The lowest BCUT2D eigenvalue weighted by Crippen LogP contribution is -2.48. The lowest BCUT2D eigenvalue weighted by Gasteiger charge is -2.37. The van der Waals surface area contributed by atoms with E-state index in [-0.39, 0.29) is 72.1 Å². The van der Waals surface area contributed by atoms with Gasteiger partial charge in [0.05, 0.1) is 19.1 Å². The Hall–Kier alpha value is -3.64. The minimum absolute atomic E-state index is 0.0145. The van der Waals surface area contributed by atoms with E-state index in [1.54, 1.807) is 25.8 Å². The Labute approximate surface area is 314 Å². The van der Waals surface area contributed by atoms with Crippen molar-refractivity contribution in [2.75, 3.05) is 27.7 Å². The van der Waals surface area contributed by atoms with Gasteiger partial charge in [0.1, 0.15) is 10.7 Å². The minimum Gasteiger partial charge on any atom is -0.469 e. The highest BCUT2D eigenvalue weighted by Crippen LogP contribution is 2.34. The molecule has 0 unspecified atom stereocenters. The van der Waals surface area contributed by atoms with E-state index >= 15 is 0 Å². The molecule has 288 valence electrons. The maximum absolute atomic E-state index is 14.1. The first-order valence-electron chi connectivity index (χ1n) is 18.6. The van der Waals surface area contributed by atoms with Crippen molar-refractivity contribution in [3.8, 4) is 0 Å². The summed E-state index contributed by atoms with van der Waals surface area (Å²) in [5, 5.41) is 3.55. The molecule has 1 fully saturated rings. The third-order valence-corrected chi connectivity index (χ3v) is 11.3. The normalized spacial score (nSPS) is 17.9. The van der Waals surface area contributed by atoms with E-state index < -0.39 is 23.9 Å². The van der Waals surface area contributed by atoms with Crippen molar-refractivity contribution in [2.45, 2.75) is 118 Å². The van der Waals surface area contributed by atoms with E-state index in [4.69, 9.17) is 14.5 Å². The molecule has 1 aromatic carbocycles. The molecule has 11 nitrogen and oxygen atoms in total. The summed E-state index contributed by atoms with van der Waals surface area (Å²) in [7, 11) is 5.09. The van der Waals surface area contributed by atoms with Crippen LogP contribution in [0.1, 0.15) is 112 Å². The average Bonchev–Trinajstić information content (AvgIpc) is 3.49. The van der Waals surface area contributed by atoms with E-state index in [2.05, 4.69) is 10.2 Å². The van der Waals surface area contributed by atoms with Gasteiger partial charge in [0.25, 0.3) is 5.91 Å². The van der Waals surface area contributed by atoms with Crippen LogP contribution < -0.4 is 5.32 Å². The average molecular weight is 741 g/mol. The first kappa shape index (κ1) is 42.8. The number of carbonyl (C=O) groups excluding carboxylic acids is 5. The number of likely N-dealkylation sites (N-methyl/N-ethyl adjacent to an activating group) is 1. The summed E-state index contributed by atoms with van der Waals surface area (Å²) in [5.41, 5.74) is 1.23. The first-order valence-corrected chi connectivity index (χ1v) is 19.4. The molecule has 2 amide bonds. The molecule has 0 bridgehead atoms. The number of benzene rings is 1. The van der Waals surface area contributed by atoms with Crippen LogP contribution in [-0.2, 0) is 35.1 Å². The molecule has 2 aromatic rings. The van der Waals surface area contributed by atoms with Crippen LogP contribution in [0.2, 0.25) is 0 Å². The maximum Gasteiger partial charge on any atom is 0.308 e. The summed E-state index contributed by atoms with van der Waals surface area (Å²) in [5.74, 6) is -2.22. The standard InChI is InChI=1S/C40H60N4O7S/c1-24(2)31(22-34(46)32-18-14-15-19-43(32)8)39(48)44(9)33(25(3)4)23-35(51-28(7)45)38-42-36(27(6)52-38)37(47)41-30(20-26(5)40(49)50-10)21-29-16-12-11-13-17-29/h11-13,16-17,24-26,30-33,35H,14-15,18-23H2,1-10H3,(H,41,47)/t26-,30+,31-,32+,33+,35+/m0/s1. The number of ether oxygens (including phenoxy) is 2. The molecule has 0 radical (unpaired) electrons. The monoisotopic (exact) mass is 740 g/mol. The van der Waals surface area contributed by atoms with E-state index in [1.165, 1.54) is 25.4 Å². The topological polar surface area (TPSA) is 135 Å². The predicted molar refractivity (Wildman–Crippen MR) is 203 cm³/mol. The van der Waals surface area contributed by atoms with Crippen LogP contribution in [0.15, 0.2) is 30.3 Å². The number of hydrogen-bond donors (Lipinski definition) is 1. The molecule has 2 heterocycles. The van der Waals surface area contributed by atoms with Crippen LogP contribution in [0.4, 0.5) is 0 Å². The van der Waals surface area contributed by atoms with Crippen LogP contribution in [-0.4, -0.2) is 90.2 Å². The van der Waals surface area contributed by atoms with Gasteiger partial charge >= 0.3 is 11.9 Å². The lowest BCUT2D eigenvalue weighted by atomic mass is 9.84. The second-order valence-corrected chi connectivity index (χ2v) is 16.3. The number of esters is 2. The molecule has 1 saturated heterocycles. The SMILES string of the molecule is COC(=O)[C@@H](C)C[C@H](Cc1ccccc1)NC(=O)c1nc([C@@H](C[C@H](C(C)C)N(C)C(=O)[C@@H](CC(=O)[C@H]2CCCCN2C)C(C)C)OC(C)=O)sc1C. The zero-order valence-corrected chi connectivity index (χ0v) is 33.6. The van der Waals surface area contributed by atoms with E-state index in [0.717, 1.165) is 31.4 Å². The number of hydrogen-bond acceptors (Lipinski definition) is 10. The van der Waals surface area contributed by atoms with Gasteiger partial charge in [0.2, 0.25) is 5.91 Å². The van der Waals surface area contributed by atoms with Gasteiger partial charge in [-0.25, -0.2) is 4.98 Å². The van der Waals surface area contributed by atoms with Crippen LogP contribution in [0.5, 0.6) is 0 Å². The second-order valence-electron chi connectivity index (χ2n) is 15.1. The third kappa shape index (κ3) is 11.9. The molecular weight excluding hydrogens is 681 g/mol. The fraction of sp³-hybridized carbons (Fsp3) is 0.650. The predicted octanol–water partition coefficient (Wildman–Crippen LogP) is 6.18. The van der Waals surface area contributed by atoms with Gasteiger partial charge in [0.15, 0.2) is 11.9 Å². The van der Waals surface area contributed by atoms with Gasteiger partial charge in [-0.3, -0.25) is 28.9 Å². The zero-order valence-electron chi connectivity index (χ0n) is 32.8. The molecule has 3 rings (SSSR count). The number of aromatic nitrogens is 1. The number of rotatable bonds is 18. The molecule has 1 aromatic heterocycles. The van der Waals surface area contributed by atoms with E-state index in [9.17, 15) is 24.0 Å². The summed E-state index contributed by atoms with van der Waals surface area (Å²) in [6.45, 7) is 13.8. The quantitative estimate of drug-likeness (QED) is 0.178. The van der Waals surface area contributed by atoms with Crippen LogP contribution in [0.25, 0.3) is 0 Å². The number of likely N-dealkylation sites (tertiary alicyclic amines) is 1. The lowest BCUT2D eigenvalue weighted by molar-refractivity contribution is -0.149. The largest absolute Gasteiger partial charge is 0.469 e. The Morgan fingerprint density at radius 2 is 1.69 bits per heavy atom. The van der Waals surface area contributed by atoms with Gasteiger partial charge in [0, 0.05) is 49.7 Å². The fourth-order valence-corrected chi connectivity index (χ4v) is 8.16. The third-order valence-electron chi connectivity index (χ3n) is 10.3. The molecule has 12 heteroatoms. The van der Waals surface area contributed by atoms with Crippen molar-refractivity contribution < 1.29 is 33.4 Å². The highest BCUT2D eigenvalue weighted by atomic mass is 32.1. The molecule has 1 aliphatic rings. The highest BCUT2D eigenvalue weighted by molar-refractivity contribution is 7.12. The van der Waals surface area contributed by atoms with E-state index in [0.29, 0.717) is 22.7 Å². The summed E-state index contributed by atoms with van der Waals surface area (Å²) in [4.78, 5) is 75.2. The van der Waals surface area contributed by atoms with Crippen molar-refractivity contribution in [1.82, 2.24) is 20.1 Å². The van der Waals surface area contributed by atoms with Gasteiger partial charge in [-0.15, -0.1) is 11.3 Å².